The van der Waals surface area contributed by atoms with E-state index in [0.717, 1.165) is 24.2 Å². The predicted molar refractivity (Wildman–Crippen MR) is 160 cm³/mol. The number of carboxylic acid groups (broad SMARTS) is 1. The minimum absolute atomic E-state index is 0.0118. The number of rotatable bonds is 14. The van der Waals surface area contributed by atoms with Gasteiger partial charge in [0.25, 0.3) is 0 Å². The van der Waals surface area contributed by atoms with Crippen molar-refractivity contribution in [3.05, 3.63) is 89.0 Å². The molecule has 0 radical (unpaired) electrons. The lowest BCUT2D eigenvalue weighted by Crippen LogP contribution is -2.10. The van der Waals surface area contributed by atoms with E-state index < -0.39 is 5.97 Å². The van der Waals surface area contributed by atoms with Crippen LogP contribution in [0, 0.1) is 6.92 Å². The molecule has 0 fully saturated rings. The van der Waals surface area contributed by atoms with E-state index in [9.17, 15) is 9.59 Å². The zero-order chi connectivity index (χ0) is 28.4. The molecule has 3 aromatic carbocycles. The first-order chi connectivity index (χ1) is 18.6. The van der Waals surface area contributed by atoms with Crippen LogP contribution in [0.5, 0.6) is 5.75 Å². The van der Waals surface area contributed by atoms with E-state index in [1.165, 1.54) is 41.5 Å². The molecule has 0 saturated heterocycles. The number of Topliss-reactive ketones (excluding diaryl/α,β-unsaturated/α-hetero) is 1. The molecule has 3 rings (SSSR count). The Morgan fingerprint density at radius 2 is 1.54 bits per heavy atom. The fraction of sp³-hybridized carbons (Fsp3) is 0.429. The number of unbranched alkanes of at least 4 members (excludes halogenated alkanes) is 3. The summed E-state index contributed by atoms with van der Waals surface area (Å²) < 4.78 is 6.56. The number of aryl methyl sites for hydroxylation is 1. The monoisotopic (exact) mass is 528 g/mol. The van der Waals surface area contributed by atoms with E-state index in [4.69, 9.17) is 9.84 Å². The maximum absolute atomic E-state index is 12.5. The molecule has 1 N–H and O–H groups in total. The molecule has 0 aliphatic carbocycles. The van der Waals surface area contributed by atoms with Crippen LogP contribution in [0.1, 0.15) is 112 Å². The zero-order valence-corrected chi connectivity index (χ0v) is 24.3. The Morgan fingerprint density at radius 1 is 0.846 bits per heavy atom. The Kier molecular flexibility index (Phi) is 10.9. The summed E-state index contributed by atoms with van der Waals surface area (Å²) in [6, 6.07) is 22.8. The van der Waals surface area contributed by atoms with Crippen molar-refractivity contribution >= 4 is 11.8 Å². The molecule has 4 nitrogen and oxygen atoms in total. The van der Waals surface area contributed by atoms with Gasteiger partial charge in [-0.05, 0) is 71.6 Å². The van der Waals surface area contributed by atoms with Crippen molar-refractivity contribution in [3.63, 3.8) is 0 Å². The number of hydrogen-bond donors (Lipinski definition) is 1. The molecule has 0 aliphatic rings. The lowest BCUT2D eigenvalue weighted by molar-refractivity contribution is -0.137. The predicted octanol–water partition coefficient (Wildman–Crippen LogP) is 9.49. The summed E-state index contributed by atoms with van der Waals surface area (Å²) in [6.07, 6.45) is 6.04. The van der Waals surface area contributed by atoms with Crippen LogP contribution >= 0.6 is 0 Å². The summed E-state index contributed by atoms with van der Waals surface area (Å²) >= 11 is 0. The molecule has 208 valence electrons. The van der Waals surface area contributed by atoms with Crippen molar-refractivity contribution in [3.8, 4) is 16.9 Å². The van der Waals surface area contributed by atoms with Crippen LogP contribution < -0.4 is 4.74 Å². The van der Waals surface area contributed by atoms with Crippen molar-refractivity contribution in [2.24, 2.45) is 0 Å². The molecule has 0 heterocycles. The average Bonchev–Trinajstić information content (AvgIpc) is 2.90. The third-order valence-electron chi connectivity index (χ3n) is 7.26. The van der Waals surface area contributed by atoms with E-state index in [2.05, 4.69) is 77.1 Å². The first-order valence-corrected chi connectivity index (χ1v) is 14.3. The molecule has 0 aliphatic heterocycles. The molecule has 0 aromatic heterocycles. The Hall–Kier alpha value is -3.40. The fourth-order valence-electron chi connectivity index (χ4n) is 4.83. The molecule has 0 saturated carbocycles. The number of ether oxygens (including phenoxy) is 1. The maximum atomic E-state index is 12.5. The van der Waals surface area contributed by atoms with Crippen LogP contribution in [0.15, 0.2) is 66.7 Å². The largest absolute Gasteiger partial charge is 0.486 e. The van der Waals surface area contributed by atoms with Gasteiger partial charge in [0, 0.05) is 18.4 Å². The summed E-state index contributed by atoms with van der Waals surface area (Å²) in [5, 5.41) is 8.82. The number of benzene rings is 3. The second-order valence-electron chi connectivity index (χ2n) is 11.6. The standard InChI is InChI=1S/C35H44O4/c1-6-7-8-9-12-33(28-16-14-27(15-17-28)32(36)11-10-13-34(37)38)39-30-22-23-31(25(2)24-30)26-18-20-29(21-19-26)35(3,4)5/h14-24,33H,6-13H2,1-5H3,(H,37,38). The highest BCUT2D eigenvalue weighted by molar-refractivity contribution is 5.96. The molecular formula is C35H44O4. The van der Waals surface area contributed by atoms with E-state index in [1.807, 2.05) is 24.3 Å². The van der Waals surface area contributed by atoms with Gasteiger partial charge in [0.1, 0.15) is 11.9 Å². The molecule has 1 unspecified atom stereocenters. The highest BCUT2D eigenvalue weighted by Crippen LogP contribution is 2.33. The summed E-state index contributed by atoms with van der Waals surface area (Å²) in [5.41, 5.74) is 6.69. The van der Waals surface area contributed by atoms with Gasteiger partial charge in [-0.2, -0.15) is 0 Å². The average molecular weight is 529 g/mol. The number of carboxylic acids is 1. The topological polar surface area (TPSA) is 63.6 Å². The van der Waals surface area contributed by atoms with Gasteiger partial charge in [0.2, 0.25) is 0 Å². The third-order valence-corrected chi connectivity index (χ3v) is 7.26. The number of carbonyl (C=O) groups is 2. The summed E-state index contributed by atoms with van der Waals surface area (Å²) in [6.45, 7) is 11.0. The lowest BCUT2D eigenvalue weighted by Gasteiger charge is -2.21. The first kappa shape index (κ1) is 30.1. The van der Waals surface area contributed by atoms with Crippen LogP contribution in [0.3, 0.4) is 0 Å². The highest BCUT2D eigenvalue weighted by Gasteiger charge is 2.17. The van der Waals surface area contributed by atoms with Crippen LogP contribution in [0.2, 0.25) is 0 Å². The zero-order valence-electron chi connectivity index (χ0n) is 24.3. The number of ketones is 1. The highest BCUT2D eigenvalue weighted by atomic mass is 16.5. The Morgan fingerprint density at radius 3 is 2.13 bits per heavy atom. The van der Waals surface area contributed by atoms with Crippen molar-refractivity contribution in [1.82, 2.24) is 0 Å². The van der Waals surface area contributed by atoms with Crippen LogP contribution in [0.25, 0.3) is 11.1 Å². The van der Waals surface area contributed by atoms with Crippen molar-refractivity contribution < 1.29 is 19.4 Å². The van der Waals surface area contributed by atoms with E-state index in [0.29, 0.717) is 12.0 Å². The number of aliphatic carboxylic acids is 1. The molecule has 39 heavy (non-hydrogen) atoms. The van der Waals surface area contributed by atoms with Crippen molar-refractivity contribution in [1.29, 1.82) is 0 Å². The molecule has 0 bridgehead atoms. The molecule has 4 heteroatoms. The van der Waals surface area contributed by atoms with Crippen LogP contribution in [-0.4, -0.2) is 16.9 Å². The number of hydrogen-bond acceptors (Lipinski definition) is 3. The van der Waals surface area contributed by atoms with Crippen molar-refractivity contribution in [2.75, 3.05) is 0 Å². The van der Waals surface area contributed by atoms with Crippen LogP contribution in [0.4, 0.5) is 0 Å². The summed E-state index contributed by atoms with van der Waals surface area (Å²) in [5.74, 6) is -0.0511. The second-order valence-corrected chi connectivity index (χ2v) is 11.6. The minimum atomic E-state index is -0.872. The minimum Gasteiger partial charge on any atom is -0.486 e. The molecule has 3 aromatic rings. The third kappa shape index (κ3) is 9.09. The quantitative estimate of drug-likeness (QED) is 0.167. The van der Waals surface area contributed by atoms with Gasteiger partial charge in [-0.15, -0.1) is 0 Å². The SMILES string of the molecule is CCCCCCC(Oc1ccc(-c2ccc(C(C)(C)C)cc2)c(C)c1)c1ccc(C(=O)CCCC(=O)O)cc1. The lowest BCUT2D eigenvalue weighted by atomic mass is 9.86. The normalized spacial score (nSPS) is 12.2. The van der Waals surface area contributed by atoms with Gasteiger partial charge in [-0.1, -0.05) is 102 Å². The first-order valence-electron chi connectivity index (χ1n) is 14.3. The smallest absolute Gasteiger partial charge is 0.303 e. The molecule has 0 amide bonds. The molecule has 0 spiro atoms. The van der Waals surface area contributed by atoms with Crippen molar-refractivity contribution in [2.45, 2.75) is 97.5 Å². The Bertz CT molecular complexity index is 1220. The molecule has 1 atom stereocenters. The maximum Gasteiger partial charge on any atom is 0.303 e. The van der Waals surface area contributed by atoms with Gasteiger partial charge in [0.15, 0.2) is 5.78 Å². The van der Waals surface area contributed by atoms with E-state index >= 15 is 0 Å². The van der Waals surface area contributed by atoms with E-state index in [1.54, 1.807) is 0 Å². The Labute approximate surface area is 234 Å². The second kappa shape index (κ2) is 14.1. The number of carbonyl (C=O) groups excluding carboxylic acids is 1. The molecular weight excluding hydrogens is 484 g/mol. The van der Waals surface area contributed by atoms with Gasteiger partial charge < -0.3 is 9.84 Å². The van der Waals surface area contributed by atoms with E-state index in [-0.39, 0.29) is 30.1 Å². The van der Waals surface area contributed by atoms with Gasteiger partial charge >= 0.3 is 5.97 Å². The van der Waals surface area contributed by atoms with Gasteiger partial charge in [-0.3, -0.25) is 9.59 Å². The van der Waals surface area contributed by atoms with Gasteiger partial charge in [-0.25, -0.2) is 0 Å². The fourth-order valence-corrected chi connectivity index (χ4v) is 4.83. The Balaban J connectivity index is 1.75. The summed E-state index contributed by atoms with van der Waals surface area (Å²) in [7, 11) is 0. The van der Waals surface area contributed by atoms with Gasteiger partial charge in [0.05, 0.1) is 0 Å². The van der Waals surface area contributed by atoms with Crippen LogP contribution in [-0.2, 0) is 10.2 Å². The summed E-state index contributed by atoms with van der Waals surface area (Å²) in [4.78, 5) is 23.2.